The minimum Gasteiger partial charge on any atom is -0.384 e. The van der Waals surface area contributed by atoms with E-state index in [4.69, 9.17) is 0 Å². The Morgan fingerprint density at radius 2 is 2.14 bits per heavy atom. The SMILES string of the molecule is Cc1cc(NCCCN2CCNCC2)c(Br)cc1[N+](=O)[O-]. The van der Waals surface area contributed by atoms with Crippen molar-refractivity contribution >= 4 is 27.3 Å². The number of rotatable bonds is 6. The molecular formula is C14H21BrN4O2. The fraction of sp³-hybridized carbons (Fsp3) is 0.571. The van der Waals surface area contributed by atoms with Gasteiger partial charge in [-0.05, 0) is 41.9 Å². The van der Waals surface area contributed by atoms with E-state index < -0.39 is 0 Å². The van der Waals surface area contributed by atoms with E-state index in [1.54, 1.807) is 13.0 Å². The van der Waals surface area contributed by atoms with Crippen molar-refractivity contribution in [1.82, 2.24) is 10.2 Å². The zero-order chi connectivity index (χ0) is 15.2. The normalized spacial score (nSPS) is 15.9. The molecule has 0 unspecified atom stereocenters. The van der Waals surface area contributed by atoms with Gasteiger partial charge < -0.3 is 15.5 Å². The molecule has 0 bridgehead atoms. The maximum atomic E-state index is 10.9. The first-order valence-electron chi connectivity index (χ1n) is 7.19. The molecular weight excluding hydrogens is 336 g/mol. The predicted molar refractivity (Wildman–Crippen MR) is 87.9 cm³/mol. The molecule has 1 aromatic rings. The summed E-state index contributed by atoms with van der Waals surface area (Å²) in [5, 5.41) is 17.6. The summed E-state index contributed by atoms with van der Waals surface area (Å²) in [5.41, 5.74) is 1.74. The van der Waals surface area contributed by atoms with Crippen molar-refractivity contribution in [2.45, 2.75) is 13.3 Å². The summed E-state index contributed by atoms with van der Waals surface area (Å²) in [6.07, 6.45) is 1.06. The fourth-order valence-corrected chi connectivity index (χ4v) is 2.94. The lowest BCUT2D eigenvalue weighted by atomic mass is 10.2. The number of hydrogen-bond donors (Lipinski definition) is 2. The smallest absolute Gasteiger partial charge is 0.273 e. The number of nitro benzene ring substituents is 1. The van der Waals surface area contributed by atoms with Crippen molar-refractivity contribution in [1.29, 1.82) is 0 Å². The Balaban J connectivity index is 1.82. The molecule has 7 heteroatoms. The van der Waals surface area contributed by atoms with Gasteiger partial charge in [0.1, 0.15) is 0 Å². The second-order valence-electron chi connectivity index (χ2n) is 5.25. The Bertz CT molecular complexity index is 504. The molecule has 1 saturated heterocycles. The lowest BCUT2D eigenvalue weighted by Crippen LogP contribution is -2.44. The zero-order valence-corrected chi connectivity index (χ0v) is 13.8. The Morgan fingerprint density at radius 3 is 2.81 bits per heavy atom. The van der Waals surface area contributed by atoms with Crippen LogP contribution in [0.2, 0.25) is 0 Å². The lowest BCUT2D eigenvalue weighted by molar-refractivity contribution is -0.385. The molecule has 0 amide bonds. The van der Waals surface area contributed by atoms with Crippen LogP contribution in [0, 0.1) is 17.0 Å². The average Bonchev–Trinajstić information content (AvgIpc) is 2.47. The molecule has 0 aromatic heterocycles. The van der Waals surface area contributed by atoms with Crippen molar-refractivity contribution in [3.8, 4) is 0 Å². The highest BCUT2D eigenvalue weighted by Gasteiger charge is 2.14. The van der Waals surface area contributed by atoms with Crippen LogP contribution in [-0.4, -0.2) is 49.1 Å². The topological polar surface area (TPSA) is 70.4 Å². The molecule has 0 atom stereocenters. The number of anilines is 1. The minimum absolute atomic E-state index is 0.147. The fourth-order valence-electron chi connectivity index (χ4n) is 2.46. The van der Waals surface area contributed by atoms with Crippen LogP contribution >= 0.6 is 15.9 Å². The molecule has 1 aliphatic rings. The van der Waals surface area contributed by atoms with Gasteiger partial charge in [0.05, 0.1) is 4.92 Å². The van der Waals surface area contributed by atoms with E-state index in [2.05, 4.69) is 31.5 Å². The molecule has 1 fully saturated rings. The van der Waals surface area contributed by atoms with Crippen molar-refractivity contribution in [3.05, 3.63) is 32.3 Å². The van der Waals surface area contributed by atoms with Crippen molar-refractivity contribution in [2.24, 2.45) is 0 Å². The van der Waals surface area contributed by atoms with Gasteiger partial charge in [0, 0.05) is 54.5 Å². The van der Waals surface area contributed by atoms with Gasteiger partial charge in [-0.3, -0.25) is 10.1 Å². The molecule has 2 N–H and O–H groups in total. The van der Waals surface area contributed by atoms with Gasteiger partial charge in [-0.25, -0.2) is 0 Å². The Morgan fingerprint density at radius 1 is 1.43 bits per heavy atom. The van der Waals surface area contributed by atoms with E-state index in [0.29, 0.717) is 5.56 Å². The number of aryl methyl sites for hydroxylation is 1. The number of benzene rings is 1. The van der Waals surface area contributed by atoms with Crippen LogP contribution in [0.4, 0.5) is 11.4 Å². The summed E-state index contributed by atoms with van der Waals surface area (Å²) in [6, 6.07) is 3.39. The Labute approximate surface area is 133 Å². The molecule has 21 heavy (non-hydrogen) atoms. The van der Waals surface area contributed by atoms with Crippen LogP contribution in [-0.2, 0) is 0 Å². The Hall–Kier alpha value is -1.18. The molecule has 1 aliphatic heterocycles. The van der Waals surface area contributed by atoms with Crippen LogP contribution in [0.1, 0.15) is 12.0 Å². The van der Waals surface area contributed by atoms with Crippen molar-refractivity contribution in [3.63, 3.8) is 0 Å². The van der Waals surface area contributed by atoms with Crippen molar-refractivity contribution in [2.75, 3.05) is 44.6 Å². The molecule has 0 aliphatic carbocycles. The van der Waals surface area contributed by atoms with E-state index in [0.717, 1.165) is 55.8 Å². The summed E-state index contributed by atoms with van der Waals surface area (Å²) < 4.78 is 0.738. The van der Waals surface area contributed by atoms with Gasteiger partial charge in [-0.15, -0.1) is 0 Å². The van der Waals surface area contributed by atoms with E-state index in [1.807, 2.05) is 6.07 Å². The maximum Gasteiger partial charge on any atom is 0.273 e. The van der Waals surface area contributed by atoms with Gasteiger partial charge in [0.25, 0.3) is 5.69 Å². The number of piperazine rings is 1. The molecule has 2 rings (SSSR count). The summed E-state index contributed by atoms with van der Waals surface area (Å²) in [7, 11) is 0. The lowest BCUT2D eigenvalue weighted by Gasteiger charge is -2.27. The third-order valence-corrected chi connectivity index (χ3v) is 4.31. The monoisotopic (exact) mass is 356 g/mol. The molecule has 116 valence electrons. The first-order chi connectivity index (χ1) is 10.1. The molecule has 0 radical (unpaired) electrons. The number of nitrogens with one attached hydrogen (secondary N) is 2. The summed E-state index contributed by atoms with van der Waals surface area (Å²) >= 11 is 3.39. The molecule has 0 saturated carbocycles. The van der Waals surface area contributed by atoms with Crippen LogP contribution in [0.25, 0.3) is 0 Å². The molecule has 1 heterocycles. The van der Waals surface area contributed by atoms with Gasteiger partial charge in [-0.1, -0.05) is 0 Å². The van der Waals surface area contributed by atoms with Crippen LogP contribution in [0.5, 0.6) is 0 Å². The zero-order valence-electron chi connectivity index (χ0n) is 12.2. The second kappa shape index (κ2) is 7.72. The van der Waals surface area contributed by atoms with Crippen molar-refractivity contribution < 1.29 is 4.92 Å². The predicted octanol–water partition coefficient (Wildman–Crippen LogP) is 2.37. The number of nitrogens with zero attached hydrogens (tertiary/aromatic N) is 2. The van der Waals surface area contributed by atoms with E-state index in [9.17, 15) is 10.1 Å². The van der Waals surface area contributed by atoms with Gasteiger partial charge in [0.2, 0.25) is 0 Å². The minimum atomic E-state index is -0.353. The number of hydrogen-bond acceptors (Lipinski definition) is 5. The third-order valence-electron chi connectivity index (χ3n) is 3.66. The standard InChI is InChI=1S/C14H21BrN4O2/c1-11-9-13(12(15)10-14(11)19(20)21)17-3-2-6-18-7-4-16-5-8-18/h9-10,16-17H,2-8H2,1H3. The van der Waals surface area contributed by atoms with Crippen LogP contribution < -0.4 is 10.6 Å². The molecule has 1 aromatic carbocycles. The molecule has 6 nitrogen and oxygen atoms in total. The maximum absolute atomic E-state index is 10.9. The Kier molecular flexibility index (Phi) is 5.96. The van der Waals surface area contributed by atoms with Crippen LogP contribution in [0.15, 0.2) is 16.6 Å². The number of nitro groups is 1. The van der Waals surface area contributed by atoms with E-state index in [1.165, 1.54) is 0 Å². The quantitative estimate of drug-likeness (QED) is 0.465. The highest BCUT2D eigenvalue weighted by Crippen LogP contribution is 2.30. The second-order valence-corrected chi connectivity index (χ2v) is 6.10. The first-order valence-corrected chi connectivity index (χ1v) is 7.98. The van der Waals surface area contributed by atoms with Gasteiger partial charge >= 0.3 is 0 Å². The summed E-state index contributed by atoms with van der Waals surface area (Å²) in [5.74, 6) is 0. The summed E-state index contributed by atoms with van der Waals surface area (Å²) in [6.45, 7) is 8.07. The van der Waals surface area contributed by atoms with Gasteiger partial charge in [0.15, 0.2) is 0 Å². The molecule has 0 spiro atoms. The van der Waals surface area contributed by atoms with E-state index >= 15 is 0 Å². The van der Waals surface area contributed by atoms with Gasteiger partial charge in [-0.2, -0.15) is 0 Å². The third kappa shape index (κ3) is 4.66. The largest absolute Gasteiger partial charge is 0.384 e. The highest BCUT2D eigenvalue weighted by molar-refractivity contribution is 9.10. The first kappa shape index (κ1) is 16.2. The highest BCUT2D eigenvalue weighted by atomic mass is 79.9. The number of halogens is 1. The van der Waals surface area contributed by atoms with Crippen LogP contribution in [0.3, 0.4) is 0 Å². The van der Waals surface area contributed by atoms with E-state index in [-0.39, 0.29) is 10.6 Å². The summed E-state index contributed by atoms with van der Waals surface area (Å²) in [4.78, 5) is 13.0. The average molecular weight is 357 g/mol.